The zero-order valence-electron chi connectivity index (χ0n) is 14.5. The predicted octanol–water partition coefficient (Wildman–Crippen LogP) is 4.45. The fraction of sp³-hybridized carbons (Fsp3) is 0.476. The van der Waals surface area contributed by atoms with Gasteiger partial charge >= 0.3 is 0 Å². The summed E-state index contributed by atoms with van der Waals surface area (Å²) in [5, 5.41) is 0. The smallest absolute Gasteiger partial charge is 0.233 e. The molecule has 4 rings (SSSR count). The zero-order chi connectivity index (χ0) is 16.8. The molecule has 1 atom stereocenters. The van der Waals surface area contributed by atoms with Gasteiger partial charge in [-0.25, -0.2) is 0 Å². The first-order valence-electron chi connectivity index (χ1n) is 8.94. The van der Waals surface area contributed by atoms with E-state index in [2.05, 4.69) is 24.3 Å². The van der Waals surface area contributed by atoms with Crippen LogP contribution in [0.2, 0.25) is 0 Å². The first-order valence-corrected chi connectivity index (χ1v) is 8.94. The minimum atomic E-state index is -0.318. The molecule has 2 aromatic rings. The number of hydrogen-bond donors (Lipinski definition) is 0. The van der Waals surface area contributed by atoms with E-state index in [0.717, 1.165) is 17.9 Å². The number of hydrogen-bond acceptors (Lipinski definition) is 2. The molecule has 2 aliphatic carbocycles. The molecule has 1 aromatic heterocycles. The molecule has 0 saturated heterocycles. The largest absolute Gasteiger partial charge is 0.464 e. The third-order valence-electron chi connectivity index (χ3n) is 6.11. The van der Waals surface area contributed by atoms with Crippen LogP contribution in [-0.2, 0) is 16.8 Å². The summed E-state index contributed by atoms with van der Waals surface area (Å²) in [6.45, 7) is 2.47. The Balaban J connectivity index is 1.64. The molecule has 1 aromatic carbocycles. The molecular weight excluding hydrogens is 298 g/mol. The Hall–Kier alpha value is -2.03. The number of likely N-dealkylation sites (N-methyl/N-ethyl adjacent to an activating group) is 1. The fourth-order valence-electron chi connectivity index (χ4n) is 4.88. The van der Waals surface area contributed by atoms with Crippen molar-refractivity contribution in [2.45, 2.75) is 51.0 Å². The Bertz CT molecular complexity index is 742. The first kappa shape index (κ1) is 15.5. The van der Waals surface area contributed by atoms with Crippen molar-refractivity contribution in [2.24, 2.45) is 5.41 Å². The highest BCUT2D eigenvalue weighted by atomic mass is 16.3. The lowest BCUT2D eigenvalue weighted by atomic mass is 9.83. The van der Waals surface area contributed by atoms with Gasteiger partial charge in [0.05, 0.1) is 12.0 Å². The Kier molecular flexibility index (Phi) is 3.56. The maximum Gasteiger partial charge on any atom is 0.233 e. The van der Waals surface area contributed by atoms with E-state index in [9.17, 15) is 4.79 Å². The summed E-state index contributed by atoms with van der Waals surface area (Å²) in [5.74, 6) is 2.00. The third kappa shape index (κ3) is 2.21. The molecule has 1 unspecified atom stereocenters. The number of amides is 1. The number of carbonyl (C=O) groups is 1. The normalized spacial score (nSPS) is 24.2. The van der Waals surface area contributed by atoms with Gasteiger partial charge in [0.15, 0.2) is 0 Å². The molecule has 3 nitrogen and oxygen atoms in total. The summed E-state index contributed by atoms with van der Waals surface area (Å²) in [5.41, 5.74) is 1.07. The van der Waals surface area contributed by atoms with Crippen LogP contribution in [0.1, 0.15) is 49.2 Å². The molecule has 0 bridgehead atoms. The number of aryl methyl sites for hydroxylation is 1. The van der Waals surface area contributed by atoms with Crippen molar-refractivity contribution in [2.75, 3.05) is 7.05 Å². The van der Waals surface area contributed by atoms with E-state index in [1.165, 1.54) is 31.2 Å². The quantitative estimate of drug-likeness (QED) is 0.833. The van der Waals surface area contributed by atoms with Gasteiger partial charge in [-0.05, 0) is 49.3 Å². The summed E-state index contributed by atoms with van der Waals surface area (Å²) >= 11 is 0. The van der Waals surface area contributed by atoms with Crippen molar-refractivity contribution in [3.63, 3.8) is 0 Å². The molecule has 2 fully saturated rings. The van der Waals surface area contributed by atoms with E-state index in [1.807, 2.05) is 37.1 Å². The molecule has 1 spiro atoms. The maximum absolute atomic E-state index is 13.5. The lowest BCUT2D eigenvalue weighted by molar-refractivity contribution is -0.134. The summed E-state index contributed by atoms with van der Waals surface area (Å²) in [7, 11) is 1.91. The van der Waals surface area contributed by atoms with Crippen molar-refractivity contribution in [1.29, 1.82) is 0 Å². The van der Waals surface area contributed by atoms with Crippen LogP contribution in [-0.4, -0.2) is 17.9 Å². The minimum Gasteiger partial charge on any atom is -0.464 e. The number of benzene rings is 1. The highest BCUT2D eigenvalue weighted by molar-refractivity contribution is 5.93. The Morgan fingerprint density at radius 1 is 1.12 bits per heavy atom. The van der Waals surface area contributed by atoms with E-state index in [4.69, 9.17) is 4.42 Å². The van der Waals surface area contributed by atoms with Crippen LogP contribution in [0.15, 0.2) is 46.9 Å². The molecule has 0 N–H and O–H groups in total. The molecule has 3 heteroatoms. The first-order chi connectivity index (χ1) is 11.6. The Labute approximate surface area is 143 Å². The molecule has 24 heavy (non-hydrogen) atoms. The van der Waals surface area contributed by atoms with Gasteiger partial charge in [0.25, 0.3) is 0 Å². The molecule has 126 valence electrons. The van der Waals surface area contributed by atoms with Crippen LogP contribution in [0.5, 0.6) is 0 Å². The summed E-state index contributed by atoms with van der Waals surface area (Å²) in [6.07, 6.45) is 5.87. The van der Waals surface area contributed by atoms with Gasteiger partial charge in [-0.3, -0.25) is 4.79 Å². The van der Waals surface area contributed by atoms with Gasteiger partial charge in [0.1, 0.15) is 11.5 Å². The van der Waals surface area contributed by atoms with E-state index in [0.29, 0.717) is 6.54 Å². The monoisotopic (exact) mass is 323 g/mol. The van der Waals surface area contributed by atoms with Crippen LogP contribution in [0.4, 0.5) is 0 Å². The number of carbonyl (C=O) groups excluding carboxylic acids is 1. The molecule has 1 amide bonds. The molecule has 1 heterocycles. The average Bonchev–Trinajstić information content (AvgIpc) is 2.88. The average molecular weight is 323 g/mol. The van der Waals surface area contributed by atoms with Crippen LogP contribution < -0.4 is 0 Å². The minimum absolute atomic E-state index is 0.193. The maximum atomic E-state index is 13.5. The van der Waals surface area contributed by atoms with Gasteiger partial charge in [-0.15, -0.1) is 0 Å². The molecular formula is C21H25NO2. The number of nitrogens with zero attached hydrogens (tertiary/aromatic N) is 1. The molecule has 0 aliphatic heterocycles. The van der Waals surface area contributed by atoms with Crippen molar-refractivity contribution in [3.05, 3.63) is 59.5 Å². The second-order valence-corrected chi connectivity index (χ2v) is 7.61. The fourth-order valence-corrected chi connectivity index (χ4v) is 4.88. The van der Waals surface area contributed by atoms with Gasteiger partial charge < -0.3 is 9.32 Å². The van der Waals surface area contributed by atoms with Crippen molar-refractivity contribution in [3.8, 4) is 0 Å². The summed E-state index contributed by atoms with van der Waals surface area (Å²) in [4.78, 5) is 15.3. The third-order valence-corrected chi connectivity index (χ3v) is 6.11. The number of rotatable bonds is 4. The van der Waals surface area contributed by atoms with Crippen LogP contribution >= 0.6 is 0 Å². The van der Waals surface area contributed by atoms with Gasteiger partial charge in [-0.2, -0.15) is 0 Å². The Morgan fingerprint density at radius 2 is 1.83 bits per heavy atom. The zero-order valence-corrected chi connectivity index (χ0v) is 14.5. The van der Waals surface area contributed by atoms with E-state index < -0.39 is 0 Å². The van der Waals surface area contributed by atoms with Crippen molar-refractivity contribution < 1.29 is 9.21 Å². The number of furan rings is 1. The molecule has 2 saturated carbocycles. The molecule has 0 radical (unpaired) electrons. The highest BCUT2D eigenvalue weighted by Gasteiger charge is 2.72. The topological polar surface area (TPSA) is 33.5 Å². The summed E-state index contributed by atoms with van der Waals surface area (Å²) in [6, 6.07) is 14.3. The predicted molar refractivity (Wildman–Crippen MR) is 93.6 cm³/mol. The highest BCUT2D eigenvalue weighted by Crippen LogP contribution is 2.72. The van der Waals surface area contributed by atoms with E-state index in [1.54, 1.807) is 0 Å². The molecule has 2 aliphatic rings. The lowest BCUT2D eigenvalue weighted by Gasteiger charge is -2.27. The van der Waals surface area contributed by atoms with Crippen molar-refractivity contribution >= 4 is 5.91 Å². The second-order valence-electron chi connectivity index (χ2n) is 7.61. The second kappa shape index (κ2) is 5.51. The SMILES string of the molecule is Cc1ccc(CN(C)C(=O)C2(c3ccccc3)CC23CCCC3)o1. The van der Waals surface area contributed by atoms with Gasteiger partial charge in [-0.1, -0.05) is 43.2 Å². The van der Waals surface area contributed by atoms with Crippen LogP contribution in [0.25, 0.3) is 0 Å². The van der Waals surface area contributed by atoms with E-state index >= 15 is 0 Å². The van der Waals surface area contributed by atoms with Gasteiger partial charge in [0, 0.05) is 7.05 Å². The standard InChI is InChI=1S/C21H25NO2/c1-16-10-11-18(24-16)14-22(2)19(23)21(17-8-4-3-5-9-17)15-20(21)12-6-7-13-20/h3-5,8-11H,6-7,12-15H2,1-2H3. The Morgan fingerprint density at radius 3 is 2.46 bits per heavy atom. The van der Waals surface area contributed by atoms with Crippen LogP contribution in [0.3, 0.4) is 0 Å². The van der Waals surface area contributed by atoms with E-state index in [-0.39, 0.29) is 16.7 Å². The van der Waals surface area contributed by atoms with Gasteiger partial charge in [0.2, 0.25) is 5.91 Å². The van der Waals surface area contributed by atoms with Crippen molar-refractivity contribution in [1.82, 2.24) is 4.90 Å². The summed E-state index contributed by atoms with van der Waals surface area (Å²) < 4.78 is 5.67. The van der Waals surface area contributed by atoms with Crippen LogP contribution in [0, 0.1) is 12.3 Å². The lowest BCUT2D eigenvalue weighted by Crippen LogP contribution is -2.39.